The Morgan fingerprint density at radius 3 is 1.02 bits per heavy atom. The second kappa shape index (κ2) is 22.4. The third kappa shape index (κ3) is 9.18. The zero-order valence-corrected chi connectivity index (χ0v) is 50.4. The number of hydrogen-bond acceptors (Lipinski definition) is 2. The monoisotopic (exact) mass is 1150 g/mol. The summed E-state index contributed by atoms with van der Waals surface area (Å²) in [6.07, 6.45) is 0. The molecule has 14 aromatic rings. The number of benzene rings is 14. The van der Waals surface area contributed by atoms with Crippen molar-refractivity contribution in [1.82, 2.24) is 0 Å². The normalized spacial score (nSPS) is 13.0. The largest absolute Gasteiger partial charge is 0.310 e. The van der Waals surface area contributed by atoms with Gasteiger partial charge in [-0.3, -0.25) is 0 Å². The summed E-state index contributed by atoms with van der Waals surface area (Å²) in [6, 6.07) is 130. The van der Waals surface area contributed by atoms with Gasteiger partial charge in [0, 0.05) is 39.3 Å². The summed E-state index contributed by atoms with van der Waals surface area (Å²) in [7, 11) is 0. The van der Waals surface area contributed by atoms with Crippen LogP contribution >= 0.6 is 0 Å². The minimum absolute atomic E-state index is 0.140. The molecule has 426 valence electrons. The van der Waals surface area contributed by atoms with Gasteiger partial charge < -0.3 is 9.80 Å². The first-order valence-electron chi connectivity index (χ1n) is 31.3. The maximum atomic E-state index is 2.51. The third-order valence-corrected chi connectivity index (χ3v) is 18.9. The van der Waals surface area contributed by atoms with Crippen molar-refractivity contribution < 1.29 is 0 Å². The fourth-order valence-electron chi connectivity index (χ4n) is 14.7. The number of hydrogen-bond donors (Lipinski definition) is 0. The lowest BCUT2D eigenvalue weighted by Crippen LogP contribution is -2.28. The van der Waals surface area contributed by atoms with Crippen molar-refractivity contribution >= 4 is 34.1 Å². The standard InChI is InChI=1S/C88H64N2/c1-87(2)79-39-20-18-37-77(79)85-81(87)41-23-43-83(85)89(73-51-45-64(46-52-73)61-25-8-3-9-26-61)74-55-49-66(50-56-74)67-31-22-32-68(57-67)70-58-69(63-29-12-5-13-30-63)59-76(60-70)90(75-53-47-65(48-54-75)62-27-10-4-11-28-62)84-44-24-42-82-86(84)78-38-19-21-40-80(78)88(82,71-33-14-6-15-34-71)72-35-16-7-17-36-72/h3-60H,1-2H3. The lowest BCUT2D eigenvalue weighted by molar-refractivity contribution is 0.660. The van der Waals surface area contributed by atoms with E-state index in [2.05, 4.69) is 375 Å². The van der Waals surface area contributed by atoms with Crippen molar-refractivity contribution in [2.45, 2.75) is 24.7 Å². The predicted octanol–water partition coefficient (Wildman–Crippen LogP) is 23.6. The Hall–Kier alpha value is -11.3. The second-order valence-corrected chi connectivity index (χ2v) is 24.4. The van der Waals surface area contributed by atoms with Crippen LogP contribution in [0.25, 0.3) is 77.9 Å². The van der Waals surface area contributed by atoms with Crippen molar-refractivity contribution in [2.75, 3.05) is 9.80 Å². The summed E-state index contributed by atoms with van der Waals surface area (Å²) in [5.41, 5.74) is 30.2. The van der Waals surface area contributed by atoms with Crippen molar-refractivity contribution in [1.29, 1.82) is 0 Å². The van der Waals surface area contributed by atoms with Crippen LogP contribution in [0, 0.1) is 0 Å². The molecule has 0 saturated heterocycles. The SMILES string of the molecule is CC1(C)c2ccccc2-c2c(N(c3ccc(-c4ccccc4)cc3)c3ccc(-c4cccc(-c5cc(-c6ccccc6)cc(N(c6ccc(-c7ccccc7)cc6)c6cccc7c6-c6ccccc6C7(c6ccccc6)c6ccccc6)c5)c4)cc3)cccc21. The van der Waals surface area contributed by atoms with E-state index in [0.29, 0.717) is 0 Å². The van der Waals surface area contributed by atoms with Crippen molar-refractivity contribution in [3.05, 3.63) is 385 Å². The van der Waals surface area contributed by atoms with Crippen LogP contribution in [0.4, 0.5) is 34.1 Å². The zero-order valence-electron chi connectivity index (χ0n) is 50.4. The van der Waals surface area contributed by atoms with E-state index in [1.54, 1.807) is 0 Å². The molecule has 16 rings (SSSR count). The Labute approximate surface area is 528 Å². The predicted molar refractivity (Wildman–Crippen MR) is 378 cm³/mol. The fourth-order valence-corrected chi connectivity index (χ4v) is 14.7. The minimum atomic E-state index is -0.569. The van der Waals surface area contributed by atoms with Crippen LogP contribution in [0.1, 0.15) is 47.2 Å². The minimum Gasteiger partial charge on any atom is -0.310 e. The van der Waals surface area contributed by atoms with Gasteiger partial charge in [0.25, 0.3) is 0 Å². The van der Waals surface area contributed by atoms with Gasteiger partial charge in [0.15, 0.2) is 0 Å². The summed E-state index contributed by atoms with van der Waals surface area (Å²) in [6.45, 7) is 4.72. The molecule has 14 aromatic carbocycles. The molecule has 0 aromatic heterocycles. The maximum absolute atomic E-state index is 2.51. The quantitative estimate of drug-likeness (QED) is 0.114. The van der Waals surface area contributed by atoms with E-state index in [1.165, 1.54) is 83.6 Å². The van der Waals surface area contributed by atoms with Crippen LogP contribution in [0.2, 0.25) is 0 Å². The highest BCUT2D eigenvalue weighted by Gasteiger charge is 2.47. The Morgan fingerprint density at radius 2 is 0.522 bits per heavy atom. The van der Waals surface area contributed by atoms with Gasteiger partial charge in [0.1, 0.15) is 0 Å². The van der Waals surface area contributed by atoms with Crippen LogP contribution in [-0.2, 0) is 10.8 Å². The van der Waals surface area contributed by atoms with E-state index in [1.807, 2.05) is 0 Å². The Bertz CT molecular complexity index is 4880. The summed E-state index contributed by atoms with van der Waals surface area (Å²) < 4.78 is 0. The molecule has 0 spiro atoms. The molecule has 2 heteroatoms. The number of nitrogens with zero attached hydrogens (tertiary/aromatic N) is 2. The molecule has 0 aliphatic heterocycles. The van der Waals surface area contributed by atoms with E-state index in [9.17, 15) is 0 Å². The van der Waals surface area contributed by atoms with Gasteiger partial charge in [-0.1, -0.05) is 293 Å². The Balaban J connectivity index is 0.844. The molecular formula is C88H64N2. The fraction of sp³-hybridized carbons (Fsp3) is 0.0455. The highest BCUT2D eigenvalue weighted by Crippen LogP contribution is 2.60. The third-order valence-electron chi connectivity index (χ3n) is 18.9. The molecule has 0 N–H and O–H groups in total. The molecular weight excluding hydrogens is 1080 g/mol. The van der Waals surface area contributed by atoms with Crippen molar-refractivity contribution in [2.24, 2.45) is 0 Å². The van der Waals surface area contributed by atoms with E-state index < -0.39 is 5.41 Å². The second-order valence-electron chi connectivity index (χ2n) is 24.4. The van der Waals surface area contributed by atoms with Gasteiger partial charge in [0.2, 0.25) is 0 Å². The molecule has 0 saturated carbocycles. The molecule has 90 heavy (non-hydrogen) atoms. The van der Waals surface area contributed by atoms with Crippen molar-refractivity contribution in [3.63, 3.8) is 0 Å². The first kappa shape index (κ1) is 54.1. The first-order chi connectivity index (χ1) is 44.4. The Kier molecular flexibility index (Phi) is 13.5. The number of fused-ring (bicyclic) bond motifs is 6. The van der Waals surface area contributed by atoms with Gasteiger partial charge in [0.05, 0.1) is 16.8 Å². The number of anilines is 6. The molecule has 0 bridgehead atoms. The molecule has 0 atom stereocenters. The highest BCUT2D eigenvalue weighted by molar-refractivity contribution is 5.99. The maximum Gasteiger partial charge on any atom is 0.0714 e. The summed E-state index contributed by atoms with van der Waals surface area (Å²) >= 11 is 0. The molecule has 2 aliphatic rings. The summed E-state index contributed by atoms with van der Waals surface area (Å²) in [4.78, 5) is 4.96. The first-order valence-corrected chi connectivity index (χ1v) is 31.3. The average molecular weight is 1150 g/mol. The molecule has 2 nitrogen and oxygen atoms in total. The summed E-state index contributed by atoms with van der Waals surface area (Å²) in [5, 5.41) is 0. The van der Waals surface area contributed by atoms with Gasteiger partial charge in [-0.2, -0.15) is 0 Å². The van der Waals surface area contributed by atoms with Gasteiger partial charge >= 0.3 is 0 Å². The number of rotatable bonds is 13. The molecule has 0 heterocycles. The molecule has 2 aliphatic carbocycles. The zero-order chi connectivity index (χ0) is 60.2. The van der Waals surface area contributed by atoms with Gasteiger partial charge in [-0.05, 0) is 173 Å². The van der Waals surface area contributed by atoms with E-state index in [-0.39, 0.29) is 5.41 Å². The lowest BCUT2D eigenvalue weighted by atomic mass is 9.68. The van der Waals surface area contributed by atoms with Crippen LogP contribution in [0.15, 0.2) is 352 Å². The molecule has 0 unspecified atom stereocenters. The van der Waals surface area contributed by atoms with Crippen LogP contribution in [-0.4, -0.2) is 0 Å². The van der Waals surface area contributed by atoms with E-state index in [4.69, 9.17) is 0 Å². The topological polar surface area (TPSA) is 6.48 Å². The smallest absolute Gasteiger partial charge is 0.0714 e. The van der Waals surface area contributed by atoms with Crippen LogP contribution < -0.4 is 9.80 Å². The van der Waals surface area contributed by atoms with Crippen LogP contribution in [0.3, 0.4) is 0 Å². The van der Waals surface area contributed by atoms with Gasteiger partial charge in [-0.15, -0.1) is 0 Å². The molecule has 0 amide bonds. The Morgan fingerprint density at radius 1 is 0.211 bits per heavy atom. The molecule has 0 fully saturated rings. The molecule has 0 radical (unpaired) electrons. The highest BCUT2D eigenvalue weighted by atomic mass is 15.2. The van der Waals surface area contributed by atoms with Crippen molar-refractivity contribution in [3.8, 4) is 77.9 Å². The van der Waals surface area contributed by atoms with E-state index in [0.717, 1.165) is 61.8 Å². The summed E-state index contributed by atoms with van der Waals surface area (Å²) in [5.74, 6) is 0. The average Bonchev–Trinajstić information content (AvgIpc) is 1.56. The van der Waals surface area contributed by atoms with E-state index >= 15 is 0 Å². The van der Waals surface area contributed by atoms with Gasteiger partial charge in [-0.25, -0.2) is 0 Å². The van der Waals surface area contributed by atoms with Crippen LogP contribution in [0.5, 0.6) is 0 Å². The lowest BCUT2D eigenvalue weighted by Gasteiger charge is -2.34.